The number of carbonyl (C=O) groups is 1. The van der Waals surface area contributed by atoms with Gasteiger partial charge in [-0.25, -0.2) is 17.5 Å². The minimum atomic E-state index is -3.64. The highest BCUT2D eigenvalue weighted by molar-refractivity contribution is 7.89. The maximum Gasteiger partial charge on any atom is 0.254 e. The fourth-order valence-electron chi connectivity index (χ4n) is 2.97. The SMILES string of the molecule is CCNS(=O)(=O)c1ccc(C)c(C(=O)N(Cc2ccc(F)cc2)C2CC2)c1. The van der Waals surface area contributed by atoms with Gasteiger partial charge in [0, 0.05) is 24.7 Å². The lowest BCUT2D eigenvalue weighted by molar-refractivity contribution is 0.0729. The highest BCUT2D eigenvalue weighted by Crippen LogP contribution is 2.31. The Morgan fingerprint density at radius 1 is 1.19 bits per heavy atom. The fourth-order valence-corrected chi connectivity index (χ4v) is 4.03. The monoisotopic (exact) mass is 390 g/mol. The van der Waals surface area contributed by atoms with Gasteiger partial charge in [-0.05, 0) is 55.2 Å². The Labute approximate surface area is 159 Å². The van der Waals surface area contributed by atoms with Gasteiger partial charge in [-0.15, -0.1) is 0 Å². The summed E-state index contributed by atoms with van der Waals surface area (Å²) in [6, 6.07) is 10.8. The first kappa shape index (κ1) is 19.5. The van der Waals surface area contributed by atoms with Gasteiger partial charge in [0.1, 0.15) is 5.82 Å². The molecular formula is C20H23FN2O3S. The van der Waals surface area contributed by atoms with E-state index in [2.05, 4.69) is 4.72 Å². The van der Waals surface area contributed by atoms with Crippen LogP contribution in [0.5, 0.6) is 0 Å². The Kier molecular flexibility index (Phi) is 5.62. The molecule has 0 unspecified atom stereocenters. The van der Waals surface area contributed by atoms with Crippen molar-refractivity contribution in [1.29, 1.82) is 0 Å². The average Bonchev–Trinajstić information content (AvgIpc) is 3.46. The molecule has 0 heterocycles. The third-order valence-electron chi connectivity index (χ3n) is 4.60. The van der Waals surface area contributed by atoms with E-state index in [1.54, 1.807) is 36.9 Å². The number of carbonyl (C=O) groups excluding carboxylic acids is 1. The molecule has 0 aromatic heterocycles. The third-order valence-corrected chi connectivity index (χ3v) is 6.14. The lowest BCUT2D eigenvalue weighted by Crippen LogP contribution is -2.33. The van der Waals surface area contributed by atoms with Gasteiger partial charge in [-0.1, -0.05) is 25.1 Å². The Morgan fingerprint density at radius 2 is 1.85 bits per heavy atom. The number of hydrogen-bond acceptors (Lipinski definition) is 3. The van der Waals surface area contributed by atoms with Crippen molar-refractivity contribution in [2.45, 2.75) is 44.2 Å². The predicted octanol–water partition coefficient (Wildman–Crippen LogP) is 3.24. The molecule has 2 aromatic rings. The van der Waals surface area contributed by atoms with Gasteiger partial charge in [0.2, 0.25) is 10.0 Å². The molecule has 0 bridgehead atoms. The molecule has 5 nitrogen and oxygen atoms in total. The normalized spacial score (nSPS) is 14.2. The summed E-state index contributed by atoms with van der Waals surface area (Å²) < 4.78 is 40.2. The quantitative estimate of drug-likeness (QED) is 0.789. The van der Waals surface area contributed by atoms with Crippen LogP contribution in [-0.2, 0) is 16.6 Å². The van der Waals surface area contributed by atoms with E-state index >= 15 is 0 Å². The van der Waals surface area contributed by atoms with Crippen LogP contribution in [0.15, 0.2) is 47.4 Å². The number of benzene rings is 2. The summed E-state index contributed by atoms with van der Waals surface area (Å²) >= 11 is 0. The number of nitrogens with zero attached hydrogens (tertiary/aromatic N) is 1. The number of amides is 1. The molecule has 1 fully saturated rings. The molecular weight excluding hydrogens is 367 g/mol. The topological polar surface area (TPSA) is 66.5 Å². The summed E-state index contributed by atoms with van der Waals surface area (Å²) in [6.07, 6.45) is 1.84. The molecule has 1 amide bonds. The van der Waals surface area contributed by atoms with Gasteiger partial charge < -0.3 is 4.90 Å². The van der Waals surface area contributed by atoms with Gasteiger partial charge in [0.15, 0.2) is 0 Å². The van der Waals surface area contributed by atoms with Crippen molar-refractivity contribution in [3.8, 4) is 0 Å². The molecule has 144 valence electrons. The zero-order valence-corrected chi connectivity index (χ0v) is 16.2. The fraction of sp³-hybridized carbons (Fsp3) is 0.350. The summed E-state index contributed by atoms with van der Waals surface area (Å²) in [5.41, 5.74) is 1.94. The number of aryl methyl sites for hydroxylation is 1. The number of sulfonamides is 1. The Morgan fingerprint density at radius 3 is 2.44 bits per heavy atom. The third kappa shape index (κ3) is 4.54. The number of nitrogens with one attached hydrogen (secondary N) is 1. The summed E-state index contributed by atoms with van der Waals surface area (Å²) in [5.74, 6) is -0.520. The van der Waals surface area contributed by atoms with E-state index in [0.29, 0.717) is 12.1 Å². The molecule has 0 atom stereocenters. The van der Waals surface area contributed by atoms with Crippen LogP contribution in [0.25, 0.3) is 0 Å². The number of rotatable bonds is 7. The van der Waals surface area contributed by atoms with Crippen molar-refractivity contribution < 1.29 is 17.6 Å². The maximum absolute atomic E-state index is 13.2. The molecule has 1 N–H and O–H groups in total. The van der Waals surface area contributed by atoms with E-state index in [9.17, 15) is 17.6 Å². The van der Waals surface area contributed by atoms with Crippen LogP contribution in [0.2, 0.25) is 0 Å². The van der Waals surface area contributed by atoms with Gasteiger partial charge in [0.05, 0.1) is 4.90 Å². The van der Waals surface area contributed by atoms with Gasteiger partial charge in [-0.3, -0.25) is 4.79 Å². The first-order valence-electron chi connectivity index (χ1n) is 8.97. The standard InChI is InChI=1S/C20H23FN2O3S/c1-3-22-27(25,26)18-11-4-14(2)19(12-18)20(24)23(17-9-10-17)13-15-5-7-16(21)8-6-15/h4-8,11-12,17,22H,3,9-10,13H2,1-2H3. The molecule has 1 saturated carbocycles. The van der Waals surface area contributed by atoms with E-state index in [1.165, 1.54) is 24.3 Å². The van der Waals surface area contributed by atoms with Gasteiger partial charge in [0.25, 0.3) is 5.91 Å². The van der Waals surface area contributed by atoms with Crippen molar-refractivity contribution in [3.63, 3.8) is 0 Å². The minimum absolute atomic E-state index is 0.0795. The highest BCUT2D eigenvalue weighted by atomic mass is 32.2. The second-order valence-electron chi connectivity index (χ2n) is 6.77. The van der Waals surface area contributed by atoms with Gasteiger partial charge in [-0.2, -0.15) is 0 Å². The predicted molar refractivity (Wildman–Crippen MR) is 101 cm³/mol. The first-order chi connectivity index (χ1) is 12.8. The van der Waals surface area contributed by atoms with Crippen molar-refractivity contribution in [2.75, 3.05) is 6.54 Å². The van der Waals surface area contributed by atoms with Crippen molar-refractivity contribution >= 4 is 15.9 Å². The van der Waals surface area contributed by atoms with E-state index in [-0.39, 0.29) is 29.2 Å². The smallest absolute Gasteiger partial charge is 0.254 e. The average molecular weight is 390 g/mol. The minimum Gasteiger partial charge on any atom is -0.331 e. The molecule has 1 aliphatic rings. The second-order valence-corrected chi connectivity index (χ2v) is 8.54. The lowest BCUT2D eigenvalue weighted by Gasteiger charge is -2.24. The zero-order valence-electron chi connectivity index (χ0n) is 15.4. The molecule has 0 aliphatic heterocycles. The molecule has 27 heavy (non-hydrogen) atoms. The van der Waals surface area contributed by atoms with E-state index in [1.807, 2.05) is 0 Å². The zero-order chi connectivity index (χ0) is 19.6. The molecule has 0 spiro atoms. The van der Waals surface area contributed by atoms with Crippen LogP contribution >= 0.6 is 0 Å². The Bertz CT molecular complexity index is 938. The molecule has 3 rings (SSSR count). The summed E-state index contributed by atoms with van der Waals surface area (Å²) in [4.78, 5) is 15.0. The maximum atomic E-state index is 13.2. The Balaban J connectivity index is 1.91. The number of hydrogen-bond donors (Lipinski definition) is 1. The van der Waals surface area contributed by atoms with Crippen LogP contribution in [0.1, 0.15) is 41.3 Å². The molecule has 2 aromatic carbocycles. The van der Waals surface area contributed by atoms with Gasteiger partial charge >= 0.3 is 0 Å². The highest BCUT2D eigenvalue weighted by Gasteiger charge is 2.34. The van der Waals surface area contributed by atoms with Crippen LogP contribution < -0.4 is 4.72 Å². The summed E-state index contributed by atoms with van der Waals surface area (Å²) in [5, 5.41) is 0. The van der Waals surface area contributed by atoms with Crippen molar-refractivity contribution in [2.24, 2.45) is 0 Å². The second kappa shape index (κ2) is 7.78. The summed E-state index contributed by atoms with van der Waals surface area (Å²) in [7, 11) is -3.64. The van der Waals surface area contributed by atoms with Crippen LogP contribution in [0, 0.1) is 12.7 Å². The van der Waals surface area contributed by atoms with E-state index < -0.39 is 10.0 Å². The first-order valence-corrected chi connectivity index (χ1v) is 10.5. The molecule has 0 radical (unpaired) electrons. The van der Waals surface area contributed by atoms with Crippen LogP contribution in [0.4, 0.5) is 4.39 Å². The molecule has 7 heteroatoms. The van der Waals surface area contributed by atoms with Crippen molar-refractivity contribution in [1.82, 2.24) is 9.62 Å². The summed E-state index contributed by atoms with van der Waals surface area (Å²) in [6.45, 7) is 4.14. The molecule has 0 saturated heterocycles. The van der Waals surface area contributed by atoms with E-state index in [4.69, 9.17) is 0 Å². The van der Waals surface area contributed by atoms with E-state index in [0.717, 1.165) is 24.0 Å². The Hall–Kier alpha value is -2.25. The lowest BCUT2D eigenvalue weighted by atomic mass is 10.1. The van der Waals surface area contributed by atoms with Crippen molar-refractivity contribution in [3.05, 3.63) is 65.0 Å². The molecule has 1 aliphatic carbocycles. The largest absolute Gasteiger partial charge is 0.331 e. The van der Waals surface area contributed by atoms with Crippen LogP contribution in [0.3, 0.4) is 0 Å². The van der Waals surface area contributed by atoms with Crippen LogP contribution in [-0.4, -0.2) is 31.8 Å². The number of halogens is 1.